The quantitative estimate of drug-likeness (QED) is 0.369. The smallest absolute Gasteiger partial charge is 0.231 e. The molecule has 0 unspecified atom stereocenters. The van der Waals surface area contributed by atoms with Gasteiger partial charge in [-0.3, -0.25) is 0 Å². The summed E-state index contributed by atoms with van der Waals surface area (Å²) in [7, 11) is 0. The van der Waals surface area contributed by atoms with Crippen molar-refractivity contribution in [1.29, 1.82) is 0 Å². The van der Waals surface area contributed by atoms with E-state index in [2.05, 4.69) is 0 Å². The number of oxazole rings is 1. The summed E-state index contributed by atoms with van der Waals surface area (Å²) in [6.45, 7) is 4.15. The molecule has 4 heterocycles. The highest BCUT2D eigenvalue weighted by Crippen LogP contribution is 2.45. The van der Waals surface area contributed by atoms with Crippen molar-refractivity contribution in [1.82, 2.24) is 4.98 Å². The van der Waals surface area contributed by atoms with Gasteiger partial charge in [0.2, 0.25) is 5.89 Å². The summed E-state index contributed by atoms with van der Waals surface area (Å²) in [6.07, 6.45) is 9.74. The summed E-state index contributed by atoms with van der Waals surface area (Å²) in [5.41, 5.74) is -0.312. The molecule has 0 spiro atoms. The Morgan fingerprint density at radius 1 is 1.00 bits per heavy atom. The van der Waals surface area contributed by atoms with Crippen LogP contribution in [0.4, 0.5) is 4.39 Å². The zero-order valence-corrected chi connectivity index (χ0v) is 21.6. The van der Waals surface area contributed by atoms with Crippen molar-refractivity contribution < 1.29 is 18.4 Å². The van der Waals surface area contributed by atoms with E-state index in [4.69, 9.17) is 9.40 Å². The Balaban J connectivity index is 1.23. The lowest BCUT2D eigenvalue weighted by Gasteiger charge is -2.52. The van der Waals surface area contributed by atoms with E-state index in [1.165, 1.54) is 25.3 Å². The van der Waals surface area contributed by atoms with Crippen molar-refractivity contribution in [3.05, 3.63) is 83.8 Å². The number of fused-ring (bicyclic) bond motifs is 3. The highest BCUT2D eigenvalue weighted by Gasteiger charge is 2.48. The van der Waals surface area contributed by atoms with Crippen LogP contribution in [0.2, 0.25) is 0 Å². The van der Waals surface area contributed by atoms with Crippen LogP contribution in [0.5, 0.6) is 0 Å². The molecule has 4 nitrogen and oxygen atoms in total. The zero-order chi connectivity index (χ0) is 24.6. The van der Waals surface area contributed by atoms with Crippen LogP contribution in [0, 0.1) is 17.7 Å². The Morgan fingerprint density at radius 3 is 2.53 bits per heavy atom. The number of thioether (sulfide) groups is 1. The van der Waals surface area contributed by atoms with E-state index < -0.39 is 5.60 Å². The molecular weight excluding hydrogens is 471 g/mol. The summed E-state index contributed by atoms with van der Waals surface area (Å²) in [6, 6.07) is 17.0. The number of hydrogen-bond donors (Lipinski definition) is 1. The van der Waals surface area contributed by atoms with E-state index in [1.807, 2.05) is 54.4 Å². The first-order valence-electron chi connectivity index (χ1n) is 13.5. The standard InChI is InChI=1S/C30H36FN2O2S/c31-25-12-7-13-27(18-25)36-28-21-33(16-14-22(28)15-17-33)20-26-19-32-29(35-26)30(34,23-8-3-1-4-9-23)24-10-5-2-6-11-24/h1,3-4,7-9,12-13,18-19,22,24,28,34H,2,5-6,10-11,14-17,20-21H2/q+1/t22?,28-,30-,33?/m0/s1. The lowest BCUT2D eigenvalue weighted by Crippen LogP contribution is -2.62. The molecule has 3 saturated heterocycles. The Hall–Kier alpha value is -2.15. The van der Waals surface area contributed by atoms with Crippen LogP contribution >= 0.6 is 11.8 Å². The highest BCUT2D eigenvalue weighted by molar-refractivity contribution is 8.00. The van der Waals surface area contributed by atoms with Crippen molar-refractivity contribution in [2.45, 2.75) is 67.2 Å². The minimum absolute atomic E-state index is 0.116. The van der Waals surface area contributed by atoms with E-state index in [9.17, 15) is 9.50 Å². The maximum Gasteiger partial charge on any atom is 0.231 e. The fourth-order valence-corrected chi connectivity index (χ4v) is 8.47. The van der Waals surface area contributed by atoms with Crippen molar-refractivity contribution in [3.63, 3.8) is 0 Å². The van der Waals surface area contributed by atoms with Crippen LogP contribution < -0.4 is 0 Å². The zero-order valence-electron chi connectivity index (χ0n) is 20.8. The minimum Gasteiger partial charge on any atom is -0.436 e. The molecule has 1 saturated carbocycles. The average Bonchev–Trinajstić information content (AvgIpc) is 3.38. The number of aromatic nitrogens is 1. The summed E-state index contributed by atoms with van der Waals surface area (Å²) < 4.78 is 21.2. The van der Waals surface area contributed by atoms with Gasteiger partial charge in [0.25, 0.3) is 0 Å². The number of halogens is 1. The van der Waals surface area contributed by atoms with Gasteiger partial charge < -0.3 is 14.0 Å². The molecule has 2 atom stereocenters. The molecule has 1 N–H and O–H groups in total. The fourth-order valence-electron chi connectivity index (χ4n) is 6.93. The molecule has 0 radical (unpaired) electrons. The number of piperidine rings is 3. The molecule has 190 valence electrons. The third kappa shape index (κ3) is 4.64. The van der Waals surface area contributed by atoms with Crippen molar-refractivity contribution in [3.8, 4) is 0 Å². The van der Waals surface area contributed by atoms with E-state index >= 15 is 0 Å². The number of benzene rings is 2. The summed E-state index contributed by atoms with van der Waals surface area (Å²) >= 11 is 1.83. The van der Waals surface area contributed by atoms with E-state index in [0.717, 1.165) is 72.6 Å². The summed E-state index contributed by atoms with van der Waals surface area (Å²) in [5.74, 6) is 1.96. The van der Waals surface area contributed by atoms with Gasteiger partial charge in [0.15, 0.2) is 11.4 Å². The largest absolute Gasteiger partial charge is 0.436 e. The second-order valence-electron chi connectivity index (χ2n) is 11.2. The molecule has 4 aliphatic rings. The topological polar surface area (TPSA) is 46.3 Å². The molecule has 1 aliphatic carbocycles. The minimum atomic E-state index is -1.19. The lowest BCUT2D eigenvalue weighted by atomic mass is 9.73. The van der Waals surface area contributed by atoms with Gasteiger partial charge in [0.1, 0.15) is 12.4 Å². The highest BCUT2D eigenvalue weighted by atomic mass is 32.2. The first-order chi connectivity index (χ1) is 17.5. The van der Waals surface area contributed by atoms with Crippen LogP contribution in [-0.4, -0.2) is 39.5 Å². The molecule has 3 aliphatic heterocycles. The van der Waals surface area contributed by atoms with E-state index in [0.29, 0.717) is 17.1 Å². The Morgan fingerprint density at radius 2 is 1.78 bits per heavy atom. The second kappa shape index (κ2) is 9.96. The van der Waals surface area contributed by atoms with Crippen LogP contribution in [-0.2, 0) is 12.1 Å². The fraction of sp³-hybridized carbons (Fsp3) is 0.500. The maximum atomic E-state index is 13.8. The predicted molar refractivity (Wildman–Crippen MR) is 140 cm³/mol. The summed E-state index contributed by atoms with van der Waals surface area (Å²) in [5, 5.41) is 12.6. The van der Waals surface area contributed by atoms with Crippen molar-refractivity contribution in [2.24, 2.45) is 11.8 Å². The maximum absolute atomic E-state index is 13.8. The van der Waals surface area contributed by atoms with Gasteiger partial charge in [-0.05, 0) is 42.5 Å². The van der Waals surface area contributed by atoms with Gasteiger partial charge in [0.05, 0.1) is 31.1 Å². The monoisotopic (exact) mass is 507 g/mol. The lowest BCUT2D eigenvalue weighted by molar-refractivity contribution is -0.954. The number of quaternary nitrogens is 1. The third-order valence-electron chi connectivity index (χ3n) is 8.91. The molecule has 4 fully saturated rings. The third-order valence-corrected chi connectivity index (χ3v) is 10.3. The first-order valence-corrected chi connectivity index (χ1v) is 14.4. The van der Waals surface area contributed by atoms with Crippen molar-refractivity contribution in [2.75, 3.05) is 19.6 Å². The molecular formula is C30H36FN2O2S+. The van der Waals surface area contributed by atoms with Gasteiger partial charge in [-0.15, -0.1) is 11.8 Å². The summed E-state index contributed by atoms with van der Waals surface area (Å²) in [4.78, 5) is 5.73. The predicted octanol–water partition coefficient (Wildman–Crippen LogP) is 6.53. The number of nitrogens with zero attached hydrogens (tertiary/aromatic N) is 2. The van der Waals surface area contributed by atoms with Crippen LogP contribution in [0.15, 0.2) is 70.1 Å². The Kier molecular flexibility index (Phi) is 6.69. The average molecular weight is 508 g/mol. The van der Waals surface area contributed by atoms with Gasteiger partial charge in [0, 0.05) is 23.7 Å². The SMILES string of the molecule is O[C@](c1ccccc1)(c1ncc(C[N+]23CCC(CC2)[C@@H](Sc2cccc(F)c2)C3)o1)C1CCCCC1. The number of hydrogen-bond acceptors (Lipinski definition) is 4. The Labute approximate surface area is 217 Å². The first kappa shape index (κ1) is 24.2. The molecule has 3 aromatic rings. The number of aliphatic hydroxyl groups is 1. The van der Waals surface area contributed by atoms with Gasteiger partial charge in [-0.25, -0.2) is 9.37 Å². The van der Waals surface area contributed by atoms with Crippen LogP contribution in [0.1, 0.15) is 62.2 Å². The second-order valence-corrected chi connectivity index (χ2v) is 12.5. The molecule has 2 aromatic carbocycles. The van der Waals surface area contributed by atoms with Crippen LogP contribution in [0.3, 0.4) is 0 Å². The van der Waals surface area contributed by atoms with Gasteiger partial charge in [-0.1, -0.05) is 55.7 Å². The molecule has 36 heavy (non-hydrogen) atoms. The van der Waals surface area contributed by atoms with E-state index in [-0.39, 0.29) is 11.7 Å². The molecule has 0 amide bonds. The molecule has 6 heteroatoms. The molecule has 1 aromatic heterocycles. The van der Waals surface area contributed by atoms with E-state index in [1.54, 1.807) is 12.1 Å². The Bertz CT molecular complexity index is 1170. The number of rotatable bonds is 7. The molecule has 2 bridgehead atoms. The normalized spacial score (nSPS) is 28.2. The molecule has 7 rings (SSSR count). The van der Waals surface area contributed by atoms with Crippen LogP contribution in [0.25, 0.3) is 0 Å². The van der Waals surface area contributed by atoms with Gasteiger partial charge in [-0.2, -0.15) is 0 Å². The van der Waals surface area contributed by atoms with Crippen molar-refractivity contribution >= 4 is 11.8 Å². The van der Waals surface area contributed by atoms with Gasteiger partial charge >= 0.3 is 0 Å².